The van der Waals surface area contributed by atoms with Gasteiger partial charge in [-0.1, -0.05) is 30.3 Å². The number of nitrogens with zero attached hydrogens (tertiary/aromatic N) is 5. The van der Waals surface area contributed by atoms with Gasteiger partial charge in [-0.15, -0.1) is 0 Å². The van der Waals surface area contributed by atoms with Crippen molar-refractivity contribution in [1.29, 1.82) is 0 Å². The van der Waals surface area contributed by atoms with Crippen LogP contribution in [0.25, 0.3) is 10.9 Å². The van der Waals surface area contributed by atoms with Gasteiger partial charge in [-0.05, 0) is 112 Å². The van der Waals surface area contributed by atoms with Crippen molar-refractivity contribution in [1.82, 2.24) is 40.4 Å². The van der Waals surface area contributed by atoms with Crippen molar-refractivity contribution >= 4 is 28.7 Å². The van der Waals surface area contributed by atoms with Crippen molar-refractivity contribution in [3.8, 4) is 0 Å². The second kappa shape index (κ2) is 14.0. The molecule has 0 unspecified atom stereocenters. The van der Waals surface area contributed by atoms with E-state index in [4.69, 9.17) is 0 Å². The highest BCUT2D eigenvalue weighted by molar-refractivity contribution is 5.88. The van der Waals surface area contributed by atoms with E-state index in [0.29, 0.717) is 38.5 Å². The SMILES string of the molecule is Cc1cc(C[C@@H](NC(=O)N2CCC(N3Cc4ccccc4CC3=O)CC2)C(=O)N2CCC3(CCN(C4CCNCC4)CC3)C2)cc2cn[nH]c12. The van der Waals surface area contributed by atoms with Gasteiger partial charge in [-0.25, -0.2) is 4.79 Å². The summed E-state index contributed by atoms with van der Waals surface area (Å²) in [4.78, 5) is 49.9. The van der Waals surface area contributed by atoms with E-state index in [1.165, 1.54) is 18.4 Å². The average Bonchev–Trinajstić information content (AvgIpc) is 3.79. The normalized spacial score (nSPS) is 22.7. The molecule has 0 saturated carbocycles. The van der Waals surface area contributed by atoms with Crippen LogP contribution in [-0.4, -0.2) is 118 Å². The number of urea groups is 1. The molecule has 6 heterocycles. The molecule has 8 rings (SSSR count). The van der Waals surface area contributed by atoms with Crippen LogP contribution in [0.4, 0.5) is 4.79 Å². The molecule has 3 N–H and O–H groups in total. The van der Waals surface area contributed by atoms with Crippen LogP contribution in [0, 0.1) is 12.3 Å². The summed E-state index contributed by atoms with van der Waals surface area (Å²) in [6.07, 6.45) is 9.92. The summed E-state index contributed by atoms with van der Waals surface area (Å²) < 4.78 is 0. The lowest BCUT2D eigenvalue weighted by Gasteiger charge is -2.44. The number of amides is 4. The zero-order chi connectivity index (χ0) is 34.2. The number of aromatic amines is 1. The van der Waals surface area contributed by atoms with Crippen molar-refractivity contribution in [3.63, 3.8) is 0 Å². The Labute approximate surface area is 295 Å². The van der Waals surface area contributed by atoms with Crippen LogP contribution >= 0.6 is 0 Å². The molecule has 11 nitrogen and oxygen atoms in total. The minimum Gasteiger partial charge on any atom is -0.340 e. The van der Waals surface area contributed by atoms with Gasteiger partial charge in [-0.2, -0.15) is 5.10 Å². The summed E-state index contributed by atoms with van der Waals surface area (Å²) in [6.45, 7) is 9.77. The number of likely N-dealkylation sites (tertiary alicyclic amines) is 3. The molecule has 4 amide bonds. The molecule has 1 atom stereocenters. The number of piperidine rings is 3. The first-order valence-electron chi connectivity index (χ1n) is 18.9. The van der Waals surface area contributed by atoms with Gasteiger partial charge in [0.2, 0.25) is 11.8 Å². The summed E-state index contributed by atoms with van der Waals surface area (Å²) in [5.74, 6) is 0.191. The van der Waals surface area contributed by atoms with Crippen molar-refractivity contribution in [3.05, 3.63) is 64.8 Å². The predicted octanol–water partition coefficient (Wildman–Crippen LogP) is 3.61. The topological polar surface area (TPSA) is 117 Å². The number of benzene rings is 2. The van der Waals surface area contributed by atoms with E-state index in [-0.39, 0.29) is 29.3 Å². The Morgan fingerprint density at radius 3 is 2.46 bits per heavy atom. The van der Waals surface area contributed by atoms with Crippen LogP contribution in [0.15, 0.2) is 42.6 Å². The summed E-state index contributed by atoms with van der Waals surface area (Å²) in [7, 11) is 0. The van der Waals surface area contributed by atoms with E-state index in [0.717, 1.165) is 99.0 Å². The average molecular weight is 681 g/mol. The van der Waals surface area contributed by atoms with Crippen LogP contribution in [0.3, 0.4) is 0 Å². The molecule has 2 aromatic carbocycles. The second-order valence-electron chi connectivity index (χ2n) is 15.7. The molecule has 1 spiro atoms. The summed E-state index contributed by atoms with van der Waals surface area (Å²) in [5.41, 5.74) is 5.60. The largest absolute Gasteiger partial charge is 0.340 e. The molecule has 0 radical (unpaired) electrons. The highest BCUT2D eigenvalue weighted by Crippen LogP contribution is 2.41. The van der Waals surface area contributed by atoms with Crippen LogP contribution in [0.2, 0.25) is 0 Å². The first-order chi connectivity index (χ1) is 24.3. The minimum absolute atomic E-state index is 0.0217. The van der Waals surface area contributed by atoms with E-state index in [2.05, 4.69) is 50.9 Å². The molecular weight excluding hydrogens is 628 g/mol. The van der Waals surface area contributed by atoms with Crippen molar-refractivity contribution in [2.24, 2.45) is 5.41 Å². The third-order valence-electron chi connectivity index (χ3n) is 12.6. The number of nitrogens with one attached hydrogen (secondary N) is 3. The molecule has 266 valence electrons. The van der Waals surface area contributed by atoms with Crippen LogP contribution < -0.4 is 10.6 Å². The number of aryl methyl sites for hydroxylation is 1. The molecule has 11 heteroatoms. The van der Waals surface area contributed by atoms with Gasteiger partial charge < -0.3 is 30.2 Å². The smallest absolute Gasteiger partial charge is 0.318 e. The maximum Gasteiger partial charge on any atom is 0.318 e. The van der Waals surface area contributed by atoms with E-state index in [9.17, 15) is 14.4 Å². The first-order valence-corrected chi connectivity index (χ1v) is 18.9. The molecule has 0 bridgehead atoms. The number of hydrogen-bond acceptors (Lipinski definition) is 6. The molecule has 0 aliphatic carbocycles. The third-order valence-corrected chi connectivity index (χ3v) is 12.6. The predicted molar refractivity (Wildman–Crippen MR) is 192 cm³/mol. The van der Waals surface area contributed by atoms with E-state index in [1.54, 1.807) is 0 Å². The van der Waals surface area contributed by atoms with Crippen LogP contribution in [0.5, 0.6) is 0 Å². The van der Waals surface area contributed by atoms with Crippen molar-refractivity contribution in [2.45, 2.75) is 89.4 Å². The Bertz CT molecular complexity index is 1720. The summed E-state index contributed by atoms with van der Waals surface area (Å²) in [6, 6.07) is 12.3. The van der Waals surface area contributed by atoms with Gasteiger partial charge in [0.15, 0.2) is 0 Å². The van der Waals surface area contributed by atoms with Gasteiger partial charge in [-0.3, -0.25) is 14.7 Å². The van der Waals surface area contributed by atoms with Gasteiger partial charge in [0.1, 0.15) is 6.04 Å². The Balaban J connectivity index is 0.928. The number of rotatable bonds is 6. The Morgan fingerprint density at radius 2 is 1.68 bits per heavy atom. The van der Waals surface area contributed by atoms with E-state index in [1.807, 2.05) is 39.1 Å². The van der Waals surface area contributed by atoms with E-state index < -0.39 is 6.04 Å². The number of H-pyrrole nitrogens is 1. The van der Waals surface area contributed by atoms with Gasteiger partial charge in [0.25, 0.3) is 0 Å². The summed E-state index contributed by atoms with van der Waals surface area (Å²) >= 11 is 0. The number of carbonyl (C=O) groups excluding carboxylic acids is 3. The highest BCUT2D eigenvalue weighted by atomic mass is 16.2. The fourth-order valence-corrected chi connectivity index (χ4v) is 9.53. The molecule has 50 heavy (non-hydrogen) atoms. The monoisotopic (exact) mass is 680 g/mol. The third kappa shape index (κ3) is 6.74. The lowest BCUT2D eigenvalue weighted by molar-refractivity contribution is -0.135. The van der Waals surface area contributed by atoms with E-state index >= 15 is 0 Å². The molecule has 4 fully saturated rings. The van der Waals surface area contributed by atoms with Gasteiger partial charge in [0, 0.05) is 56.6 Å². The zero-order valence-electron chi connectivity index (χ0n) is 29.5. The number of hydrogen-bond donors (Lipinski definition) is 3. The number of fused-ring (bicyclic) bond motifs is 2. The number of carbonyl (C=O) groups is 3. The van der Waals surface area contributed by atoms with Gasteiger partial charge in [0.05, 0.1) is 18.1 Å². The maximum atomic E-state index is 14.4. The minimum atomic E-state index is -0.658. The quantitative estimate of drug-likeness (QED) is 0.367. The molecule has 5 aliphatic heterocycles. The Hall–Kier alpha value is -3.96. The molecule has 4 saturated heterocycles. The fourth-order valence-electron chi connectivity index (χ4n) is 9.53. The lowest BCUT2D eigenvalue weighted by atomic mass is 9.77. The van der Waals surface area contributed by atoms with Gasteiger partial charge >= 0.3 is 6.03 Å². The van der Waals surface area contributed by atoms with Crippen LogP contribution in [-0.2, 0) is 29.0 Å². The van der Waals surface area contributed by atoms with Crippen molar-refractivity contribution in [2.75, 3.05) is 52.4 Å². The molecular formula is C39H52N8O3. The zero-order valence-corrected chi connectivity index (χ0v) is 29.5. The Kier molecular flexibility index (Phi) is 9.28. The molecule has 5 aliphatic rings. The standard InChI is InChI=1S/C39H52N8O3/c1-27-20-28(21-31-24-41-43-36(27)31)22-34(37(49)46-19-12-39(26-46)10-17-44(18-11-39)32-6-13-40-14-7-32)42-38(50)45-15-8-33(9-16-45)47-25-30-5-3-2-4-29(30)23-35(47)48/h2-5,20-21,24,32-34,40H,6-19,22-23,25-26H2,1H3,(H,41,43)(H,42,50)/t34-/m1/s1. The fraction of sp³-hybridized carbons (Fsp3) is 0.590. The maximum absolute atomic E-state index is 14.4. The Morgan fingerprint density at radius 1 is 0.940 bits per heavy atom. The molecule has 1 aromatic heterocycles. The van der Waals surface area contributed by atoms with Crippen LogP contribution in [0.1, 0.15) is 67.2 Å². The summed E-state index contributed by atoms with van der Waals surface area (Å²) in [5, 5.41) is 15.0. The second-order valence-corrected chi connectivity index (χ2v) is 15.7. The first kappa shape index (κ1) is 33.2. The number of aromatic nitrogens is 2. The van der Waals surface area contributed by atoms with Crippen molar-refractivity contribution < 1.29 is 14.4 Å². The molecule has 3 aromatic rings. The highest BCUT2D eigenvalue weighted by Gasteiger charge is 2.44. The lowest BCUT2D eigenvalue weighted by Crippen LogP contribution is -2.56.